The lowest BCUT2D eigenvalue weighted by atomic mass is 10.1. The molecule has 3 nitrogen and oxygen atoms in total. The maximum atomic E-state index is 13.7. The van der Waals surface area contributed by atoms with Gasteiger partial charge in [-0.3, -0.25) is 0 Å². The summed E-state index contributed by atoms with van der Waals surface area (Å²) in [6.07, 6.45) is 0.750. The van der Waals surface area contributed by atoms with E-state index in [1.165, 1.54) is 12.1 Å². The van der Waals surface area contributed by atoms with Gasteiger partial charge in [-0.1, -0.05) is 53.2 Å². The molecule has 0 aliphatic rings. The van der Waals surface area contributed by atoms with E-state index < -0.39 is 11.8 Å². The van der Waals surface area contributed by atoms with Crippen molar-refractivity contribution in [2.75, 3.05) is 5.32 Å². The molecule has 21 heavy (non-hydrogen) atoms. The minimum absolute atomic E-state index is 0.107. The topological polar surface area (TPSA) is 41.1 Å². The van der Waals surface area contributed by atoms with Crippen LogP contribution in [0.25, 0.3) is 0 Å². The normalized spacial score (nSPS) is 11.8. The van der Waals surface area contributed by atoms with Gasteiger partial charge in [-0.25, -0.2) is 9.18 Å². The standard InChI is InChI=1S/C16H16BrFN2O/c1-2-14(11-6-4-3-5-7-11)19-16(21)20-15-9-8-12(17)10-13(15)18/h3-10,14H,2H2,1H3,(H2,19,20,21). The van der Waals surface area contributed by atoms with Gasteiger partial charge in [-0.15, -0.1) is 0 Å². The van der Waals surface area contributed by atoms with Gasteiger partial charge in [0.05, 0.1) is 11.7 Å². The molecule has 1 unspecified atom stereocenters. The Labute approximate surface area is 131 Å². The van der Waals surface area contributed by atoms with Crippen LogP contribution in [0.3, 0.4) is 0 Å². The highest BCUT2D eigenvalue weighted by molar-refractivity contribution is 9.10. The van der Waals surface area contributed by atoms with Crippen molar-refractivity contribution in [1.29, 1.82) is 0 Å². The summed E-state index contributed by atoms with van der Waals surface area (Å²) in [7, 11) is 0. The molecule has 0 saturated heterocycles. The molecule has 2 N–H and O–H groups in total. The lowest BCUT2D eigenvalue weighted by Gasteiger charge is -2.18. The summed E-state index contributed by atoms with van der Waals surface area (Å²) in [5.74, 6) is -0.479. The van der Waals surface area contributed by atoms with E-state index in [0.717, 1.165) is 12.0 Å². The number of halogens is 2. The molecule has 5 heteroatoms. The van der Waals surface area contributed by atoms with Crippen LogP contribution in [-0.4, -0.2) is 6.03 Å². The van der Waals surface area contributed by atoms with Crippen LogP contribution in [0.5, 0.6) is 0 Å². The largest absolute Gasteiger partial charge is 0.331 e. The average molecular weight is 351 g/mol. The average Bonchev–Trinajstić information content (AvgIpc) is 2.48. The van der Waals surface area contributed by atoms with E-state index in [1.807, 2.05) is 37.3 Å². The second-order valence-electron chi connectivity index (χ2n) is 4.59. The Morgan fingerprint density at radius 2 is 1.95 bits per heavy atom. The van der Waals surface area contributed by atoms with Crippen LogP contribution in [0.1, 0.15) is 24.9 Å². The zero-order valence-corrected chi connectivity index (χ0v) is 13.2. The van der Waals surface area contributed by atoms with E-state index in [1.54, 1.807) is 6.07 Å². The molecule has 2 rings (SSSR count). The van der Waals surface area contributed by atoms with Gasteiger partial charge in [0.15, 0.2) is 0 Å². The highest BCUT2D eigenvalue weighted by atomic mass is 79.9. The van der Waals surface area contributed by atoms with E-state index in [0.29, 0.717) is 4.47 Å². The number of hydrogen-bond acceptors (Lipinski definition) is 1. The van der Waals surface area contributed by atoms with Crippen molar-refractivity contribution in [3.8, 4) is 0 Å². The molecule has 110 valence electrons. The van der Waals surface area contributed by atoms with Crippen molar-refractivity contribution in [3.63, 3.8) is 0 Å². The smallest absolute Gasteiger partial charge is 0.319 e. The van der Waals surface area contributed by atoms with Crippen molar-refractivity contribution in [1.82, 2.24) is 5.32 Å². The summed E-state index contributed by atoms with van der Waals surface area (Å²) in [6, 6.07) is 13.6. The van der Waals surface area contributed by atoms with Crippen LogP contribution >= 0.6 is 15.9 Å². The lowest BCUT2D eigenvalue weighted by molar-refractivity contribution is 0.248. The highest BCUT2D eigenvalue weighted by Gasteiger charge is 2.13. The third-order valence-corrected chi connectivity index (χ3v) is 3.59. The molecule has 2 aromatic carbocycles. The monoisotopic (exact) mass is 350 g/mol. The van der Waals surface area contributed by atoms with Gasteiger partial charge in [0.25, 0.3) is 0 Å². The lowest BCUT2D eigenvalue weighted by Crippen LogP contribution is -2.32. The first-order chi connectivity index (χ1) is 10.1. The first kappa shape index (κ1) is 15.5. The van der Waals surface area contributed by atoms with E-state index in [2.05, 4.69) is 26.6 Å². The van der Waals surface area contributed by atoms with E-state index in [4.69, 9.17) is 0 Å². The quantitative estimate of drug-likeness (QED) is 0.811. The first-order valence-corrected chi connectivity index (χ1v) is 7.47. The maximum absolute atomic E-state index is 13.7. The van der Waals surface area contributed by atoms with Crippen molar-refractivity contribution in [2.45, 2.75) is 19.4 Å². The second kappa shape index (κ2) is 7.22. The zero-order valence-electron chi connectivity index (χ0n) is 11.6. The van der Waals surface area contributed by atoms with Gasteiger partial charge >= 0.3 is 6.03 Å². The van der Waals surface area contributed by atoms with Crippen molar-refractivity contribution in [3.05, 3.63) is 64.4 Å². The van der Waals surface area contributed by atoms with Gasteiger partial charge in [-0.05, 0) is 30.2 Å². The molecule has 1 atom stereocenters. The third-order valence-electron chi connectivity index (χ3n) is 3.09. The number of carbonyl (C=O) groups excluding carboxylic acids is 1. The predicted octanol–water partition coefficient (Wildman–Crippen LogP) is 4.86. The van der Waals surface area contributed by atoms with Crippen molar-refractivity contribution in [2.24, 2.45) is 0 Å². The third kappa shape index (κ3) is 4.29. The molecule has 0 aromatic heterocycles. The Morgan fingerprint density at radius 1 is 1.24 bits per heavy atom. The van der Waals surface area contributed by atoms with Crippen LogP contribution < -0.4 is 10.6 Å². The van der Waals surface area contributed by atoms with Gasteiger partial charge in [0.1, 0.15) is 5.82 Å². The summed E-state index contributed by atoms with van der Waals surface area (Å²) >= 11 is 3.18. The number of urea groups is 1. The predicted molar refractivity (Wildman–Crippen MR) is 85.7 cm³/mol. The van der Waals surface area contributed by atoms with E-state index in [-0.39, 0.29) is 11.7 Å². The molecule has 0 saturated carbocycles. The molecule has 0 bridgehead atoms. The summed E-state index contributed by atoms with van der Waals surface area (Å²) in [5.41, 5.74) is 1.17. The number of carbonyl (C=O) groups is 1. The molecular formula is C16H16BrFN2O. The zero-order chi connectivity index (χ0) is 15.2. The molecule has 0 spiro atoms. The first-order valence-electron chi connectivity index (χ1n) is 6.67. The summed E-state index contributed by atoms with van der Waals surface area (Å²) in [5, 5.41) is 5.37. The molecule has 0 heterocycles. The van der Waals surface area contributed by atoms with Crippen LogP contribution in [0.4, 0.5) is 14.9 Å². The summed E-state index contributed by atoms with van der Waals surface area (Å²) < 4.78 is 14.3. The number of nitrogens with one attached hydrogen (secondary N) is 2. The SMILES string of the molecule is CCC(NC(=O)Nc1ccc(Br)cc1F)c1ccccc1. The van der Waals surface area contributed by atoms with Crippen LogP contribution in [0.15, 0.2) is 53.0 Å². The van der Waals surface area contributed by atoms with Gasteiger partial charge in [0.2, 0.25) is 0 Å². The molecule has 0 fully saturated rings. The molecule has 0 aliphatic carbocycles. The maximum Gasteiger partial charge on any atom is 0.319 e. The fourth-order valence-corrected chi connectivity index (χ4v) is 2.35. The van der Waals surface area contributed by atoms with Crippen LogP contribution in [0.2, 0.25) is 0 Å². The second-order valence-corrected chi connectivity index (χ2v) is 5.51. The number of benzene rings is 2. The number of anilines is 1. The summed E-state index contributed by atoms with van der Waals surface area (Å²) in [6.45, 7) is 1.98. The van der Waals surface area contributed by atoms with Crippen molar-refractivity contribution >= 4 is 27.6 Å². The number of amides is 2. The Bertz CT molecular complexity index is 619. The Balaban J connectivity index is 2.03. The van der Waals surface area contributed by atoms with Crippen molar-refractivity contribution < 1.29 is 9.18 Å². The fraction of sp³-hybridized carbons (Fsp3) is 0.188. The minimum atomic E-state index is -0.479. The molecule has 0 radical (unpaired) electrons. The highest BCUT2D eigenvalue weighted by Crippen LogP contribution is 2.20. The fourth-order valence-electron chi connectivity index (χ4n) is 2.01. The Hall–Kier alpha value is -1.88. The van der Waals surface area contributed by atoms with Gasteiger partial charge in [0, 0.05) is 4.47 Å². The van der Waals surface area contributed by atoms with E-state index in [9.17, 15) is 9.18 Å². The number of hydrogen-bond donors (Lipinski definition) is 2. The number of rotatable bonds is 4. The Morgan fingerprint density at radius 3 is 2.57 bits per heavy atom. The minimum Gasteiger partial charge on any atom is -0.331 e. The summed E-state index contributed by atoms with van der Waals surface area (Å²) in [4.78, 5) is 12.0. The Kier molecular flexibility index (Phi) is 5.33. The van der Waals surface area contributed by atoms with Crippen LogP contribution in [-0.2, 0) is 0 Å². The molecule has 2 aromatic rings. The molecule has 2 amide bonds. The van der Waals surface area contributed by atoms with Gasteiger partial charge in [-0.2, -0.15) is 0 Å². The van der Waals surface area contributed by atoms with E-state index >= 15 is 0 Å². The molecule has 0 aliphatic heterocycles. The van der Waals surface area contributed by atoms with Crippen LogP contribution in [0, 0.1) is 5.82 Å². The van der Waals surface area contributed by atoms with Gasteiger partial charge < -0.3 is 10.6 Å². The molecular weight excluding hydrogens is 335 g/mol.